The number of carbonyl (C=O) groups is 1. The van der Waals surface area contributed by atoms with E-state index in [-0.39, 0.29) is 18.2 Å². The molecule has 4 aromatic rings. The molecule has 0 saturated heterocycles. The summed E-state index contributed by atoms with van der Waals surface area (Å²) in [6.07, 6.45) is 1.61. The molecule has 2 aromatic carbocycles. The molecule has 9 heteroatoms. The molecule has 8 nitrogen and oxygen atoms in total. The number of methoxy groups -OCH3 is 1. The molecule has 0 fully saturated rings. The fraction of sp³-hybridized carbons (Fsp3) is 0.360. The number of ether oxygens (including phenoxy) is 3. The van der Waals surface area contributed by atoms with Crippen LogP contribution in [0.4, 0.5) is 4.79 Å². The number of aromatic nitrogens is 3. The molecule has 1 aliphatic heterocycles. The van der Waals surface area contributed by atoms with Gasteiger partial charge < -0.3 is 19.5 Å². The van der Waals surface area contributed by atoms with Crippen LogP contribution in [0.3, 0.4) is 0 Å². The van der Waals surface area contributed by atoms with Gasteiger partial charge in [-0.05, 0) is 57.5 Å². The van der Waals surface area contributed by atoms with E-state index in [4.69, 9.17) is 19.2 Å². The Labute approximate surface area is 201 Å². The molecule has 1 amide bonds. The van der Waals surface area contributed by atoms with Gasteiger partial charge in [0.2, 0.25) is 5.88 Å². The lowest BCUT2D eigenvalue weighted by Crippen LogP contribution is -2.42. The van der Waals surface area contributed by atoms with Gasteiger partial charge in [0, 0.05) is 23.1 Å². The first-order valence-corrected chi connectivity index (χ1v) is 11.9. The number of hydrogen-bond acceptors (Lipinski definition) is 8. The molecule has 1 aliphatic rings. The lowest BCUT2D eigenvalue weighted by atomic mass is 10.1. The Bertz CT molecular complexity index is 1410. The molecule has 0 aliphatic carbocycles. The zero-order chi connectivity index (χ0) is 24.0. The van der Waals surface area contributed by atoms with Crippen molar-refractivity contribution < 1.29 is 19.0 Å². The van der Waals surface area contributed by atoms with Crippen LogP contribution in [0.5, 0.6) is 11.6 Å². The second kappa shape index (κ2) is 8.39. The minimum Gasteiger partial charge on any atom is -0.486 e. The third kappa shape index (κ3) is 4.35. The average Bonchev–Trinajstić information content (AvgIpc) is 3.39. The normalized spacial score (nSPS) is 15.3. The number of nitrogens with zero attached hydrogens (tertiary/aromatic N) is 3. The van der Waals surface area contributed by atoms with Crippen LogP contribution in [0.15, 0.2) is 30.5 Å². The van der Waals surface area contributed by atoms with Gasteiger partial charge in [0.15, 0.2) is 0 Å². The van der Waals surface area contributed by atoms with E-state index in [0.717, 1.165) is 48.7 Å². The Morgan fingerprint density at radius 1 is 1.24 bits per heavy atom. The number of nitrogens with one attached hydrogen (secondary N) is 1. The van der Waals surface area contributed by atoms with E-state index in [0.29, 0.717) is 12.3 Å². The highest BCUT2D eigenvalue weighted by Gasteiger charge is 2.28. The van der Waals surface area contributed by atoms with Gasteiger partial charge in [-0.1, -0.05) is 0 Å². The minimum atomic E-state index is -0.443. The summed E-state index contributed by atoms with van der Waals surface area (Å²) in [7, 11) is 1.58. The van der Waals surface area contributed by atoms with Crippen LogP contribution in [0.2, 0.25) is 0 Å². The van der Waals surface area contributed by atoms with Crippen LogP contribution in [-0.2, 0) is 11.2 Å². The van der Waals surface area contributed by atoms with Gasteiger partial charge in [-0.3, -0.25) is 0 Å². The van der Waals surface area contributed by atoms with Crippen molar-refractivity contribution in [2.45, 2.75) is 45.8 Å². The predicted molar refractivity (Wildman–Crippen MR) is 132 cm³/mol. The van der Waals surface area contributed by atoms with E-state index in [1.165, 1.54) is 0 Å². The molecular formula is C25H26N4O4S. The maximum absolute atomic E-state index is 12.0. The summed E-state index contributed by atoms with van der Waals surface area (Å²) < 4.78 is 17.8. The molecular weight excluding hydrogens is 452 g/mol. The lowest BCUT2D eigenvalue weighted by Gasteiger charge is -2.20. The van der Waals surface area contributed by atoms with E-state index in [1.54, 1.807) is 24.6 Å². The number of carbonyl (C=O) groups excluding carboxylic acids is 1. The van der Waals surface area contributed by atoms with E-state index in [1.807, 2.05) is 45.9 Å². The van der Waals surface area contributed by atoms with Crippen molar-refractivity contribution in [3.8, 4) is 22.2 Å². The van der Waals surface area contributed by atoms with Crippen molar-refractivity contribution in [2.75, 3.05) is 13.7 Å². The van der Waals surface area contributed by atoms with Crippen molar-refractivity contribution in [2.24, 2.45) is 0 Å². The summed E-state index contributed by atoms with van der Waals surface area (Å²) in [4.78, 5) is 26.1. The summed E-state index contributed by atoms with van der Waals surface area (Å²) in [5.41, 5.74) is 5.22. The Kier molecular flexibility index (Phi) is 5.51. The standard InChI is InChI=1S/C25H26N4O4S/c1-13-8-16(21-18(9-13)27-20(31-5)11-26-21)23-28-17-6-7-19-15(22(17)34-23)10-14(33-19)12-32-24(30)29-25(2,3)4/h6-9,11,14H,10,12H2,1-5H3,(H,29,30)/t14-/m0/s1. The second-order valence-electron chi connectivity index (χ2n) is 9.42. The van der Waals surface area contributed by atoms with Crippen LogP contribution in [0.1, 0.15) is 31.9 Å². The number of hydrogen-bond donors (Lipinski definition) is 1. The Morgan fingerprint density at radius 2 is 2.06 bits per heavy atom. The average molecular weight is 479 g/mol. The van der Waals surface area contributed by atoms with Crippen molar-refractivity contribution >= 4 is 38.7 Å². The van der Waals surface area contributed by atoms with Gasteiger partial charge in [-0.25, -0.2) is 19.7 Å². The number of aryl methyl sites for hydroxylation is 1. The Hall–Kier alpha value is -3.46. The number of rotatable bonds is 4. The summed E-state index contributed by atoms with van der Waals surface area (Å²) >= 11 is 1.61. The molecule has 1 N–H and O–H groups in total. The van der Waals surface area contributed by atoms with E-state index in [9.17, 15) is 4.79 Å². The molecule has 3 heterocycles. The molecule has 0 radical (unpaired) electrons. The summed E-state index contributed by atoms with van der Waals surface area (Å²) in [6, 6.07) is 7.99. The van der Waals surface area contributed by atoms with Gasteiger partial charge >= 0.3 is 6.09 Å². The molecule has 0 bridgehead atoms. The van der Waals surface area contributed by atoms with Gasteiger partial charge in [-0.2, -0.15) is 0 Å². The van der Waals surface area contributed by atoms with Crippen molar-refractivity contribution in [3.05, 3.63) is 41.6 Å². The number of thiazole rings is 1. The SMILES string of the molecule is COc1cnc2c(-c3nc4ccc5c(c4s3)C[C@@H](COC(=O)NC(C)(C)C)O5)cc(C)cc2n1. The highest BCUT2D eigenvalue weighted by Crippen LogP contribution is 2.41. The third-order valence-corrected chi connectivity index (χ3v) is 6.59. The van der Waals surface area contributed by atoms with Crippen LogP contribution in [0, 0.1) is 6.92 Å². The maximum atomic E-state index is 12.0. The van der Waals surface area contributed by atoms with Crippen LogP contribution < -0.4 is 14.8 Å². The molecule has 0 unspecified atom stereocenters. The summed E-state index contributed by atoms with van der Waals surface area (Å²) in [5, 5.41) is 3.67. The molecule has 2 aromatic heterocycles. The quantitative estimate of drug-likeness (QED) is 0.438. The molecule has 34 heavy (non-hydrogen) atoms. The number of amides is 1. The van der Waals surface area contributed by atoms with E-state index < -0.39 is 6.09 Å². The molecule has 1 atom stereocenters. The van der Waals surface area contributed by atoms with Crippen LogP contribution in [0.25, 0.3) is 31.8 Å². The largest absolute Gasteiger partial charge is 0.486 e. The zero-order valence-corrected chi connectivity index (χ0v) is 20.6. The third-order valence-electron chi connectivity index (χ3n) is 5.43. The van der Waals surface area contributed by atoms with E-state index >= 15 is 0 Å². The van der Waals surface area contributed by atoms with Crippen LogP contribution in [-0.4, -0.2) is 46.4 Å². The second-order valence-corrected chi connectivity index (χ2v) is 10.4. The fourth-order valence-electron chi connectivity index (χ4n) is 4.01. The Balaban J connectivity index is 1.43. The molecule has 0 saturated carbocycles. The fourth-order valence-corrected chi connectivity index (χ4v) is 5.14. The lowest BCUT2D eigenvalue weighted by molar-refractivity contribution is 0.0879. The van der Waals surface area contributed by atoms with Gasteiger partial charge in [0.05, 0.1) is 34.6 Å². The number of fused-ring (bicyclic) bond motifs is 4. The summed E-state index contributed by atoms with van der Waals surface area (Å²) in [5.74, 6) is 1.29. The number of alkyl carbamates (subject to hydrolysis) is 1. The predicted octanol–water partition coefficient (Wildman–Crippen LogP) is 5.05. The van der Waals surface area contributed by atoms with Crippen molar-refractivity contribution in [3.63, 3.8) is 0 Å². The minimum absolute atomic E-state index is 0.184. The zero-order valence-electron chi connectivity index (χ0n) is 19.8. The smallest absolute Gasteiger partial charge is 0.407 e. The summed E-state index contributed by atoms with van der Waals surface area (Å²) in [6.45, 7) is 7.95. The number of benzene rings is 2. The highest BCUT2D eigenvalue weighted by molar-refractivity contribution is 7.22. The van der Waals surface area contributed by atoms with Gasteiger partial charge in [-0.15, -0.1) is 11.3 Å². The van der Waals surface area contributed by atoms with Crippen LogP contribution >= 0.6 is 11.3 Å². The Morgan fingerprint density at radius 3 is 2.82 bits per heavy atom. The van der Waals surface area contributed by atoms with Crippen molar-refractivity contribution in [1.29, 1.82) is 0 Å². The van der Waals surface area contributed by atoms with E-state index in [2.05, 4.69) is 21.4 Å². The van der Waals surface area contributed by atoms with Crippen molar-refractivity contribution in [1.82, 2.24) is 20.3 Å². The first-order chi connectivity index (χ1) is 16.2. The first kappa shape index (κ1) is 22.3. The molecule has 5 rings (SSSR count). The molecule has 176 valence electrons. The first-order valence-electron chi connectivity index (χ1n) is 11.1. The monoisotopic (exact) mass is 478 g/mol. The van der Waals surface area contributed by atoms with Gasteiger partial charge in [0.1, 0.15) is 23.5 Å². The maximum Gasteiger partial charge on any atom is 0.407 e. The van der Waals surface area contributed by atoms with Gasteiger partial charge in [0.25, 0.3) is 0 Å². The highest BCUT2D eigenvalue weighted by atomic mass is 32.1. The molecule has 0 spiro atoms. The topological polar surface area (TPSA) is 95.5 Å².